The van der Waals surface area contributed by atoms with Crippen LogP contribution in [0.2, 0.25) is 0 Å². The van der Waals surface area contributed by atoms with Gasteiger partial charge in [-0.2, -0.15) is 10.1 Å². The van der Waals surface area contributed by atoms with Gasteiger partial charge < -0.3 is 19.1 Å². The van der Waals surface area contributed by atoms with Gasteiger partial charge in [-0.05, 0) is 18.9 Å². The van der Waals surface area contributed by atoms with Gasteiger partial charge in [-0.15, -0.1) is 0 Å². The first-order valence-electron chi connectivity index (χ1n) is 11.9. The van der Waals surface area contributed by atoms with Gasteiger partial charge >= 0.3 is 0 Å². The van der Waals surface area contributed by atoms with E-state index < -0.39 is 0 Å². The summed E-state index contributed by atoms with van der Waals surface area (Å²) in [5.74, 6) is 1.29. The lowest BCUT2D eigenvalue weighted by Gasteiger charge is -2.29. The Bertz CT molecular complexity index is 924. The van der Waals surface area contributed by atoms with E-state index in [2.05, 4.69) is 63.4 Å². The zero-order valence-corrected chi connectivity index (χ0v) is 19.8. The zero-order chi connectivity index (χ0) is 22.9. The van der Waals surface area contributed by atoms with E-state index in [1.165, 1.54) is 5.56 Å². The molecule has 0 unspecified atom stereocenters. The minimum Gasteiger partial charge on any atom is -0.476 e. The van der Waals surface area contributed by atoms with Gasteiger partial charge in [0.05, 0.1) is 32.1 Å². The molecule has 33 heavy (non-hydrogen) atoms. The Morgan fingerprint density at radius 1 is 1.06 bits per heavy atom. The smallest absolute Gasteiger partial charge is 0.217 e. The van der Waals surface area contributed by atoms with E-state index in [-0.39, 0.29) is 0 Å². The Balaban J connectivity index is 1.49. The number of benzene rings is 1. The number of hydrogen-bond acceptors (Lipinski definition) is 8. The molecular weight excluding hydrogens is 418 g/mol. The average molecular weight is 454 g/mol. The molecule has 4 rings (SSSR count). The molecule has 0 saturated carbocycles. The number of hydrogen-bond donors (Lipinski definition) is 1. The highest BCUT2D eigenvalue weighted by molar-refractivity contribution is 6.00. The number of aryl methyl sites for hydroxylation is 1. The molecule has 0 atom stereocenters. The molecule has 0 bridgehead atoms. The maximum atomic E-state index is 6.07. The van der Waals surface area contributed by atoms with Gasteiger partial charge in [-0.25, -0.2) is 0 Å². The summed E-state index contributed by atoms with van der Waals surface area (Å²) in [6, 6.07) is 12.5. The molecular formula is C25H35N5O3. The second kappa shape index (κ2) is 12.0. The molecule has 2 aliphatic heterocycles. The number of anilines is 2. The topological polar surface area (TPSA) is 71.5 Å². The molecule has 0 spiro atoms. The third kappa shape index (κ3) is 6.90. The first-order chi connectivity index (χ1) is 16.2. The predicted octanol–water partition coefficient (Wildman–Crippen LogP) is 3.16. The summed E-state index contributed by atoms with van der Waals surface area (Å²) in [5, 5.41) is 4.69. The third-order valence-corrected chi connectivity index (χ3v) is 5.92. The van der Waals surface area contributed by atoms with E-state index in [0.717, 1.165) is 82.5 Å². The SMILES string of the molecule is CCC(=NNc1cc(N2CCOCC2)cc(OCCN2CCOCC2)n1)c1cccc(C)c1. The Labute approximate surface area is 196 Å². The molecule has 1 aromatic heterocycles. The highest BCUT2D eigenvalue weighted by Crippen LogP contribution is 2.25. The van der Waals surface area contributed by atoms with Crippen LogP contribution in [-0.4, -0.2) is 81.4 Å². The minimum absolute atomic E-state index is 0.589. The lowest BCUT2D eigenvalue weighted by Crippen LogP contribution is -2.38. The van der Waals surface area contributed by atoms with Crippen LogP contribution < -0.4 is 15.1 Å². The standard InChI is InChI=1S/C25H35N5O3/c1-3-23(21-6-4-5-20(2)17-21)27-28-24-18-22(30-10-14-32-15-11-30)19-25(26-24)33-16-9-29-7-12-31-13-8-29/h4-6,17-19H,3,7-16H2,1-2H3,(H,26,28). The molecule has 1 aromatic carbocycles. The number of pyridine rings is 1. The van der Waals surface area contributed by atoms with Crippen LogP contribution in [0.5, 0.6) is 5.88 Å². The minimum atomic E-state index is 0.589. The molecule has 2 aliphatic rings. The summed E-state index contributed by atoms with van der Waals surface area (Å²) in [6.07, 6.45) is 0.822. The third-order valence-electron chi connectivity index (χ3n) is 5.92. The van der Waals surface area contributed by atoms with Gasteiger partial charge in [0.15, 0.2) is 5.82 Å². The molecule has 8 heteroatoms. The van der Waals surface area contributed by atoms with E-state index in [9.17, 15) is 0 Å². The fourth-order valence-electron chi connectivity index (χ4n) is 4.03. The second-order valence-corrected chi connectivity index (χ2v) is 8.34. The molecule has 2 fully saturated rings. The van der Waals surface area contributed by atoms with E-state index in [1.807, 2.05) is 12.1 Å². The number of morpholine rings is 2. The highest BCUT2D eigenvalue weighted by Gasteiger charge is 2.15. The Morgan fingerprint density at radius 2 is 1.82 bits per heavy atom. The van der Waals surface area contributed by atoms with Crippen molar-refractivity contribution in [3.63, 3.8) is 0 Å². The van der Waals surface area contributed by atoms with Crippen LogP contribution in [0.1, 0.15) is 24.5 Å². The summed E-state index contributed by atoms with van der Waals surface area (Å²) >= 11 is 0. The van der Waals surface area contributed by atoms with Gasteiger partial charge in [0, 0.05) is 50.5 Å². The largest absolute Gasteiger partial charge is 0.476 e. The van der Waals surface area contributed by atoms with Crippen molar-refractivity contribution >= 4 is 17.2 Å². The molecule has 0 radical (unpaired) electrons. The zero-order valence-electron chi connectivity index (χ0n) is 19.8. The molecule has 0 amide bonds. The normalized spacial score (nSPS) is 17.8. The van der Waals surface area contributed by atoms with Crippen LogP contribution in [0, 0.1) is 6.92 Å². The van der Waals surface area contributed by atoms with Crippen molar-refractivity contribution in [2.45, 2.75) is 20.3 Å². The van der Waals surface area contributed by atoms with Gasteiger partial charge in [-0.3, -0.25) is 10.3 Å². The van der Waals surface area contributed by atoms with Crippen LogP contribution in [-0.2, 0) is 9.47 Å². The fraction of sp³-hybridized carbons (Fsp3) is 0.520. The Morgan fingerprint density at radius 3 is 2.55 bits per heavy atom. The fourth-order valence-corrected chi connectivity index (χ4v) is 4.03. The highest BCUT2D eigenvalue weighted by atomic mass is 16.5. The van der Waals surface area contributed by atoms with E-state index in [4.69, 9.17) is 14.2 Å². The molecule has 178 valence electrons. The van der Waals surface area contributed by atoms with Gasteiger partial charge in [0.25, 0.3) is 0 Å². The first kappa shape index (κ1) is 23.5. The molecule has 2 saturated heterocycles. The number of aromatic nitrogens is 1. The Hall–Kier alpha value is -2.68. The van der Waals surface area contributed by atoms with Crippen molar-refractivity contribution in [3.8, 4) is 5.88 Å². The molecule has 8 nitrogen and oxygen atoms in total. The van der Waals surface area contributed by atoms with Crippen molar-refractivity contribution < 1.29 is 14.2 Å². The quantitative estimate of drug-likeness (QED) is 0.462. The summed E-state index contributed by atoms with van der Waals surface area (Å²) in [7, 11) is 0. The van der Waals surface area contributed by atoms with Crippen molar-refractivity contribution in [2.24, 2.45) is 5.10 Å². The lowest BCUT2D eigenvalue weighted by molar-refractivity contribution is 0.0320. The van der Waals surface area contributed by atoms with Gasteiger partial charge in [0.2, 0.25) is 5.88 Å². The number of nitrogens with zero attached hydrogens (tertiary/aromatic N) is 4. The van der Waals surface area contributed by atoms with Crippen molar-refractivity contribution in [3.05, 3.63) is 47.5 Å². The predicted molar refractivity (Wildman–Crippen MR) is 132 cm³/mol. The van der Waals surface area contributed by atoms with Crippen LogP contribution in [0.3, 0.4) is 0 Å². The van der Waals surface area contributed by atoms with Crippen LogP contribution in [0.25, 0.3) is 0 Å². The molecule has 3 heterocycles. The maximum Gasteiger partial charge on any atom is 0.217 e. The van der Waals surface area contributed by atoms with E-state index in [0.29, 0.717) is 18.3 Å². The summed E-state index contributed by atoms with van der Waals surface area (Å²) in [5.41, 5.74) is 7.59. The monoisotopic (exact) mass is 453 g/mol. The second-order valence-electron chi connectivity index (χ2n) is 8.34. The summed E-state index contributed by atoms with van der Waals surface area (Å²) in [4.78, 5) is 9.34. The molecule has 1 N–H and O–H groups in total. The van der Waals surface area contributed by atoms with Gasteiger partial charge in [0.1, 0.15) is 6.61 Å². The lowest BCUT2D eigenvalue weighted by atomic mass is 10.1. The first-order valence-corrected chi connectivity index (χ1v) is 11.9. The van der Waals surface area contributed by atoms with E-state index >= 15 is 0 Å². The number of nitrogens with one attached hydrogen (secondary N) is 1. The maximum absolute atomic E-state index is 6.07. The summed E-state index contributed by atoms with van der Waals surface area (Å²) < 4.78 is 17.0. The number of rotatable bonds is 9. The summed E-state index contributed by atoms with van der Waals surface area (Å²) in [6.45, 7) is 12.3. The van der Waals surface area contributed by atoms with E-state index in [1.54, 1.807) is 0 Å². The molecule has 0 aliphatic carbocycles. The Kier molecular flexibility index (Phi) is 8.52. The van der Waals surface area contributed by atoms with Crippen molar-refractivity contribution in [1.29, 1.82) is 0 Å². The molecule has 2 aromatic rings. The number of ether oxygens (including phenoxy) is 3. The van der Waals surface area contributed by atoms with Gasteiger partial charge in [-0.1, -0.05) is 36.8 Å². The van der Waals surface area contributed by atoms with Crippen LogP contribution in [0.4, 0.5) is 11.5 Å². The van der Waals surface area contributed by atoms with Crippen LogP contribution >= 0.6 is 0 Å². The van der Waals surface area contributed by atoms with Crippen molar-refractivity contribution in [1.82, 2.24) is 9.88 Å². The average Bonchev–Trinajstić information content (AvgIpc) is 2.86. The van der Waals surface area contributed by atoms with Crippen molar-refractivity contribution in [2.75, 3.05) is 76.1 Å². The van der Waals surface area contributed by atoms with Crippen LogP contribution in [0.15, 0.2) is 41.5 Å². The number of hydrazone groups is 1.